The Morgan fingerprint density at radius 1 is 1.03 bits per heavy atom. The SMILES string of the molecule is CCCCN(C(=O)C(CC(N)=O)NC(=O)OC(C)(C)C)C(C(=O)NC(C)CCC)c1ccc(C)cc1. The molecule has 1 aromatic rings. The zero-order valence-electron chi connectivity index (χ0n) is 22.8. The number of hydrogen-bond acceptors (Lipinski definition) is 5. The summed E-state index contributed by atoms with van der Waals surface area (Å²) in [5.74, 6) is -1.65. The lowest BCUT2D eigenvalue weighted by Crippen LogP contribution is -2.54. The van der Waals surface area contributed by atoms with Crippen LogP contribution < -0.4 is 16.4 Å². The number of alkyl carbamates (subject to hydrolysis) is 1. The number of benzene rings is 1. The second-order valence-electron chi connectivity index (χ2n) is 10.3. The molecule has 0 fully saturated rings. The highest BCUT2D eigenvalue weighted by molar-refractivity contribution is 5.94. The first kappa shape index (κ1) is 30.9. The second-order valence-corrected chi connectivity index (χ2v) is 10.3. The Kier molecular flexibility index (Phi) is 12.4. The molecule has 0 aliphatic rings. The van der Waals surface area contributed by atoms with E-state index in [1.165, 1.54) is 4.90 Å². The van der Waals surface area contributed by atoms with Gasteiger partial charge < -0.3 is 26.0 Å². The van der Waals surface area contributed by atoms with Crippen molar-refractivity contribution in [2.75, 3.05) is 6.54 Å². The van der Waals surface area contributed by atoms with Crippen molar-refractivity contribution in [2.45, 2.75) is 104 Å². The fraction of sp³-hybridized carbons (Fsp3) is 0.630. The van der Waals surface area contributed by atoms with Gasteiger partial charge in [-0.1, -0.05) is 56.5 Å². The molecule has 4 amide bonds. The van der Waals surface area contributed by atoms with E-state index in [4.69, 9.17) is 10.5 Å². The van der Waals surface area contributed by atoms with Crippen LogP contribution >= 0.6 is 0 Å². The smallest absolute Gasteiger partial charge is 0.408 e. The average molecular weight is 505 g/mol. The molecule has 0 saturated heterocycles. The van der Waals surface area contributed by atoms with Crippen molar-refractivity contribution in [2.24, 2.45) is 5.73 Å². The lowest BCUT2D eigenvalue weighted by Gasteiger charge is -2.35. The van der Waals surface area contributed by atoms with Gasteiger partial charge in [-0.15, -0.1) is 0 Å². The van der Waals surface area contributed by atoms with Crippen LogP contribution in [0.1, 0.15) is 90.8 Å². The highest BCUT2D eigenvalue weighted by Crippen LogP contribution is 2.25. The molecule has 9 nitrogen and oxygen atoms in total. The van der Waals surface area contributed by atoms with Crippen LogP contribution in [0.15, 0.2) is 24.3 Å². The maximum atomic E-state index is 13.9. The molecule has 0 radical (unpaired) electrons. The van der Waals surface area contributed by atoms with Crippen LogP contribution in [0.4, 0.5) is 4.79 Å². The molecular formula is C27H44N4O5. The number of rotatable bonds is 13. The van der Waals surface area contributed by atoms with Crippen molar-refractivity contribution >= 4 is 23.8 Å². The molecule has 0 heterocycles. The minimum Gasteiger partial charge on any atom is -0.444 e. The minimum absolute atomic E-state index is 0.0834. The van der Waals surface area contributed by atoms with E-state index in [0.717, 1.165) is 24.8 Å². The van der Waals surface area contributed by atoms with E-state index in [2.05, 4.69) is 10.6 Å². The van der Waals surface area contributed by atoms with Gasteiger partial charge in [0.25, 0.3) is 0 Å². The molecule has 36 heavy (non-hydrogen) atoms. The van der Waals surface area contributed by atoms with Crippen molar-refractivity contribution in [1.82, 2.24) is 15.5 Å². The number of carbonyl (C=O) groups is 4. The van der Waals surface area contributed by atoms with E-state index in [0.29, 0.717) is 12.0 Å². The van der Waals surface area contributed by atoms with Gasteiger partial charge in [0.1, 0.15) is 17.7 Å². The van der Waals surface area contributed by atoms with Crippen molar-refractivity contribution in [3.63, 3.8) is 0 Å². The molecule has 0 bridgehead atoms. The van der Waals surface area contributed by atoms with Crippen molar-refractivity contribution < 1.29 is 23.9 Å². The topological polar surface area (TPSA) is 131 Å². The van der Waals surface area contributed by atoms with Crippen LogP contribution in [0.25, 0.3) is 0 Å². The third kappa shape index (κ3) is 10.7. The van der Waals surface area contributed by atoms with Gasteiger partial charge in [0.05, 0.1) is 6.42 Å². The maximum absolute atomic E-state index is 13.9. The van der Waals surface area contributed by atoms with E-state index in [-0.39, 0.29) is 18.5 Å². The highest BCUT2D eigenvalue weighted by atomic mass is 16.6. The van der Waals surface area contributed by atoms with Gasteiger partial charge in [-0.05, 0) is 53.0 Å². The van der Waals surface area contributed by atoms with Crippen LogP contribution in [0, 0.1) is 6.92 Å². The van der Waals surface area contributed by atoms with Crippen LogP contribution in [0.5, 0.6) is 0 Å². The van der Waals surface area contributed by atoms with Crippen molar-refractivity contribution in [1.29, 1.82) is 0 Å². The van der Waals surface area contributed by atoms with Gasteiger partial charge in [-0.25, -0.2) is 4.79 Å². The molecule has 0 aromatic heterocycles. The minimum atomic E-state index is -1.27. The summed E-state index contributed by atoms with van der Waals surface area (Å²) < 4.78 is 5.29. The summed E-state index contributed by atoms with van der Waals surface area (Å²) in [4.78, 5) is 53.2. The Hall–Kier alpha value is -3.10. The molecule has 0 saturated carbocycles. The van der Waals surface area contributed by atoms with E-state index < -0.39 is 42.0 Å². The summed E-state index contributed by atoms with van der Waals surface area (Å²) in [6.07, 6.45) is 1.83. The normalized spacial score (nSPS) is 13.8. The Morgan fingerprint density at radius 2 is 1.64 bits per heavy atom. The number of nitrogens with zero attached hydrogens (tertiary/aromatic N) is 1. The predicted molar refractivity (Wildman–Crippen MR) is 140 cm³/mol. The molecule has 1 rings (SSSR count). The first-order valence-electron chi connectivity index (χ1n) is 12.7. The number of primary amides is 1. The highest BCUT2D eigenvalue weighted by Gasteiger charge is 2.37. The Labute approximate surface area is 215 Å². The first-order chi connectivity index (χ1) is 16.8. The predicted octanol–water partition coefficient (Wildman–Crippen LogP) is 3.74. The summed E-state index contributed by atoms with van der Waals surface area (Å²) in [6, 6.07) is 5.10. The van der Waals surface area contributed by atoms with Crippen LogP contribution in [0.3, 0.4) is 0 Å². The van der Waals surface area contributed by atoms with Gasteiger partial charge in [-0.2, -0.15) is 0 Å². The quantitative estimate of drug-likeness (QED) is 0.377. The molecule has 3 unspecified atom stereocenters. The van der Waals surface area contributed by atoms with Gasteiger partial charge in [-0.3, -0.25) is 14.4 Å². The Morgan fingerprint density at radius 3 is 2.14 bits per heavy atom. The van der Waals surface area contributed by atoms with Gasteiger partial charge in [0, 0.05) is 12.6 Å². The van der Waals surface area contributed by atoms with Gasteiger partial charge in [0.15, 0.2) is 0 Å². The lowest BCUT2D eigenvalue weighted by atomic mass is 10.00. The zero-order valence-corrected chi connectivity index (χ0v) is 22.8. The third-order valence-electron chi connectivity index (χ3n) is 5.49. The molecule has 3 atom stereocenters. The molecule has 202 valence electrons. The summed E-state index contributed by atoms with van der Waals surface area (Å²) in [5, 5.41) is 5.51. The molecule has 9 heteroatoms. The largest absolute Gasteiger partial charge is 0.444 e. The maximum Gasteiger partial charge on any atom is 0.408 e. The van der Waals surface area contributed by atoms with Crippen LogP contribution in [-0.4, -0.2) is 52.9 Å². The monoisotopic (exact) mass is 504 g/mol. The zero-order chi connectivity index (χ0) is 27.5. The number of hydrogen-bond donors (Lipinski definition) is 3. The number of amides is 4. The molecule has 0 spiro atoms. The number of nitrogens with two attached hydrogens (primary N) is 1. The molecule has 1 aromatic carbocycles. The number of unbranched alkanes of at least 4 members (excludes halogenated alkanes) is 1. The molecule has 4 N–H and O–H groups in total. The van der Waals surface area contributed by atoms with E-state index >= 15 is 0 Å². The average Bonchev–Trinajstić information content (AvgIpc) is 2.75. The lowest BCUT2D eigenvalue weighted by molar-refractivity contribution is -0.143. The molecule has 0 aliphatic carbocycles. The molecular weight excluding hydrogens is 460 g/mol. The first-order valence-corrected chi connectivity index (χ1v) is 12.7. The number of aryl methyl sites for hydroxylation is 1. The second kappa shape index (κ2) is 14.5. The van der Waals surface area contributed by atoms with Crippen molar-refractivity contribution in [3.8, 4) is 0 Å². The molecule has 0 aliphatic heterocycles. The summed E-state index contributed by atoms with van der Waals surface area (Å²) in [5.41, 5.74) is 6.27. The summed E-state index contributed by atoms with van der Waals surface area (Å²) in [6.45, 7) is 13.2. The Balaban J connectivity index is 3.46. The fourth-order valence-electron chi connectivity index (χ4n) is 3.79. The number of carbonyl (C=O) groups excluding carboxylic acids is 4. The van der Waals surface area contributed by atoms with Crippen LogP contribution in [0.2, 0.25) is 0 Å². The number of nitrogens with one attached hydrogen (secondary N) is 2. The van der Waals surface area contributed by atoms with Gasteiger partial charge in [0.2, 0.25) is 17.7 Å². The summed E-state index contributed by atoms with van der Waals surface area (Å²) in [7, 11) is 0. The van der Waals surface area contributed by atoms with Gasteiger partial charge >= 0.3 is 6.09 Å². The Bertz CT molecular complexity index is 879. The third-order valence-corrected chi connectivity index (χ3v) is 5.49. The van der Waals surface area contributed by atoms with Crippen molar-refractivity contribution in [3.05, 3.63) is 35.4 Å². The van der Waals surface area contributed by atoms with Crippen LogP contribution in [-0.2, 0) is 19.1 Å². The standard InChI is InChI=1S/C27H44N4O5/c1-8-10-16-31(25(34)21(17-22(28)32)30-26(35)36-27(5,6)7)23(20-14-12-18(3)13-15-20)24(33)29-19(4)11-9-2/h12-15,19,21,23H,8-11,16-17H2,1-7H3,(H2,28,32)(H,29,33)(H,30,35). The van der Waals surface area contributed by atoms with E-state index in [1.54, 1.807) is 20.8 Å². The van der Waals surface area contributed by atoms with E-state index in [1.807, 2.05) is 52.0 Å². The fourth-order valence-corrected chi connectivity index (χ4v) is 3.79. The number of ether oxygens (including phenoxy) is 1. The summed E-state index contributed by atoms with van der Waals surface area (Å²) >= 11 is 0. The van der Waals surface area contributed by atoms with E-state index in [9.17, 15) is 19.2 Å².